The summed E-state index contributed by atoms with van der Waals surface area (Å²) in [7, 11) is 1.85. The summed E-state index contributed by atoms with van der Waals surface area (Å²) in [6.45, 7) is 0.245. The Balaban J connectivity index is 1.92. The molecule has 2 aromatic heterocycles. The van der Waals surface area contributed by atoms with Crippen molar-refractivity contribution >= 4 is 11.2 Å². The lowest BCUT2D eigenvalue weighted by atomic mass is 10.2. The predicted octanol–water partition coefficient (Wildman–Crippen LogP) is 1.17. The predicted molar refractivity (Wildman–Crippen MR) is 70.3 cm³/mol. The number of imidazole rings is 1. The van der Waals surface area contributed by atoms with Crippen LogP contribution < -0.4 is 15.0 Å². The van der Waals surface area contributed by atoms with Crippen LogP contribution >= 0.6 is 0 Å². The molecule has 0 radical (unpaired) electrons. The molecule has 0 unspecified atom stereocenters. The van der Waals surface area contributed by atoms with E-state index in [-0.39, 0.29) is 12.3 Å². The third kappa shape index (κ3) is 1.49. The zero-order chi connectivity index (χ0) is 13.7. The second kappa shape index (κ2) is 3.83. The van der Waals surface area contributed by atoms with Crippen molar-refractivity contribution in [1.82, 2.24) is 19.5 Å². The van der Waals surface area contributed by atoms with Crippen molar-refractivity contribution in [2.75, 3.05) is 6.79 Å². The highest BCUT2D eigenvalue weighted by Gasteiger charge is 2.16. The summed E-state index contributed by atoms with van der Waals surface area (Å²) >= 11 is 0. The van der Waals surface area contributed by atoms with Crippen LogP contribution in [0.15, 0.2) is 24.5 Å². The highest BCUT2D eigenvalue weighted by Crippen LogP contribution is 2.35. The number of hydrogen-bond donors (Lipinski definition) is 2. The van der Waals surface area contributed by atoms with E-state index in [1.54, 1.807) is 10.9 Å². The van der Waals surface area contributed by atoms with E-state index in [1.807, 2.05) is 25.2 Å². The number of aromatic amines is 1. The van der Waals surface area contributed by atoms with Gasteiger partial charge in [-0.25, -0.2) is 9.97 Å². The van der Waals surface area contributed by atoms with Crippen LogP contribution in [-0.2, 0) is 7.05 Å². The Bertz CT molecular complexity index is 880. The number of H-pyrrole nitrogens is 1. The number of rotatable bonds is 1. The van der Waals surface area contributed by atoms with Crippen LogP contribution in [0.1, 0.15) is 0 Å². The Hall–Kier alpha value is -2.83. The lowest BCUT2D eigenvalue weighted by Gasteiger charge is -1.99. The van der Waals surface area contributed by atoms with E-state index < -0.39 is 0 Å². The Morgan fingerprint density at radius 3 is 3.00 bits per heavy atom. The van der Waals surface area contributed by atoms with Gasteiger partial charge < -0.3 is 19.0 Å². The number of aromatic nitrogens is 4. The maximum absolute atomic E-state index is 7.82. The van der Waals surface area contributed by atoms with Crippen LogP contribution in [0.25, 0.3) is 22.6 Å². The molecule has 1 aromatic carbocycles. The second-order valence-electron chi connectivity index (χ2n) is 4.56. The number of nitrogens with one attached hydrogen (secondary N) is 2. The van der Waals surface area contributed by atoms with Crippen molar-refractivity contribution in [1.29, 1.82) is 5.41 Å². The summed E-state index contributed by atoms with van der Waals surface area (Å²) in [6.07, 6.45) is 1.58. The summed E-state index contributed by atoms with van der Waals surface area (Å²) in [6, 6.07) is 5.63. The molecule has 0 amide bonds. The van der Waals surface area contributed by atoms with Gasteiger partial charge in [0.25, 0.3) is 0 Å². The number of nitrogens with zero attached hydrogens (tertiary/aromatic N) is 3. The van der Waals surface area contributed by atoms with Gasteiger partial charge in [0, 0.05) is 12.6 Å². The molecule has 7 nitrogen and oxygen atoms in total. The van der Waals surface area contributed by atoms with Gasteiger partial charge in [0.2, 0.25) is 6.79 Å². The number of fused-ring (bicyclic) bond motifs is 2. The van der Waals surface area contributed by atoms with Crippen LogP contribution in [0.5, 0.6) is 11.5 Å². The highest BCUT2D eigenvalue weighted by atomic mass is 16.7. The van der Waals surface area contributed by atoms with Crippen LogP contribution in [0.2, 0.25) is 0 Å². The van der Waals surface area contributed by atoms with Crippen LogP contribution in [0.4, 0.5) is 0 Å². The first kappa shape index (κ1) is 11.0. The van der Waals surface area contributed by atoms with Crippen molar-refractivity contribution in [2.24, 2.45) is 7.05 Å². The molecular weight excluding hydrogens is 258 g/mol. The smallest absolute Gasteiger partial charge is 0.231 e. The fraction of sp³-hybridized carbons (Fsp3) is 0.154. The van der Waals surface area contributed by atoms with E-state index in [4.69, 9.17) is 14.9 Å². The van der Waals surface area contributed by atoms with Crippen LogP contribution in [-0.4, -0.2) is 26.3 Å². The van der Waals surface area contributed by atoms with Crippen molar-refractivity contribution < 1.29 is 9.47 Å². The molecule has 1 aliphatic heterocycles. The minimum absolute atomic E-state index is 0.178. The number of benzene rings is 1. The molecule has 0 saturated carbocycles. The average molecular weight is 269 g/mol. The van der Waals surface area contributed by atoms with Gasteiger partial charge >= 0.3 is 0 Å². The monoisotopic (exact) mass is 269 g/mol. The van der Waals surface area contributed by atoms with Gasteiger partial charge in [-0.05, 0) is 18.2 Å². The van der Waals surface area contributed by atoms with Crippen LogP contribution in [0.3, 0.4) is 0 Å². The van der Waals surface area contributed by atoms with Crippen molar-refractivity contribution in [3.63, 3.8) is 0 Å². The third-order valence-electron chi connectivity index (χ3n) is 3.26. The summed E-state index contributed by atoms with van der Waals surface area (Å²) in [5.74, 6) is 2.12. The number of ether oxygens (including phenoxy) is 2. The SMILES string of the molecule is Cn1cnc(=N)c2[nH]c(-c3ccc4c(c3)OCO4)nc21. The largest absolute Gasteiger partial charge is 0.454 e. The quantitative estimate of drug-likeness (QED) is 0.694. The minimum Gasteiger partial charge on any atom is -0.454 e. The van der Waals surface area contributed by atoms with Gasteiger partial charge in [-0.1, -0.05) is 0 Å². The zero-order valence-corrected chi connectivity index (χ0v) is 10.7. The normalized spacial score (nSPS) is 13.1. The summed E-state index contributed by atoms with van der Waals surface area (Å²) in [4.78, 5) is 11.6. The Labute approximate surface area is 113 Å². The third-order valence-corrected chi connectivity index (χ3v) is 3.26. The molecule has 2 N–H and O–H groups in total. The van der Waals surface area contributed by atoms with Crippen molar-refractivity contribution in [3.8, 4) is 22.9 Å². The molecule has 0 spiro atoms. The second-order valence-corrected chi connectivity index (χ2v) is 4.56. The molecule has 3 heterocycles. The molecule has 0 aliphatic carbocycles. The van der Waals surface area contributed by atoms with E-state index in [0.717, 1.165) is 11.3 Å². The van der Waals surface area contributed by atoms with E-state index in [9.17, 15) is 0 Å². The topological polar surface area (TPSA) is 88.8 Å². The molecular formula is C13H11N5O2. The maximum atomic E-state index is 7.82. The fourth-order valence-electron chi connectivity index (χ4n) is 2.23. The van der Waals surface area contributed by atoms with E-state index in [0.29, 0.717) is 22.7 Å². The van der Waals surface area contributed by atoms with E-state index >= 15 is 0 Å². The van der Waals surface area contributed by atoms with Crippen molar-refractivity contribution in [3.05, 3.63) is 30.0 Å². The Morgan fingerprint density at radius 1 is 1.30 bits per heavy atom. The molecule has 0 bridgehead atoms. The van der Waals surface area contributed by atoms with E-state index in [2.05, 4.69) is 15.0 Å². The van der Waals surface area contributed by atoms with Crippen molar-refractivity contribution in [2.45, 2.75) is 0 Å². The van der Waals surface area contributed by atoms with Gasteiger partial charge in [0.1, 0.15) is 11.3 Å². The maximum Gasteiger partial charge on any atom is 0.231 e. The molecule has 4 rings (SSSR count). The average Bonchev–Trinajstić information content (AvgIpc) is 3.08. The Kier molecular flexibility index (Phi) is 2.11. The van der Waals surface area contributed by atoms with Gasteiger partial charge in [-0.15, -0.1) is 0 Å². The van der Waals surface area contributed by atoms with Gasteiger partial charge in [-0.2, -0.15) is 0 Å². The standard InChI is InChI=1S/C13H11N5O2/c1-18-5-15-11(14)10-13(18)17-12(16-10)7-2-3-8-9(4-7)20-6-19-8/h2-5,14H,6H2,1H3,(H,16,17). The molecule has 0 atom stereocenters. The summed E-state index contributed by atoms with van der Waals surface area (Å²) < 4.78 is 12.4. The minimum atomic E-state index is 0.178. The molecule has 7 heteroatoms. The van der Waals surface area contributed by atoms with Gasteiger partial charge in [0.15, 0.2) is 22.6 Å². The zero-order valence-electron chi connectivity index (χ0n) is 10.7. The first-order valence-electron chi connectivity index (χ1n) is 6.08. The molecule has 100 valence electrons. The van der Waals surface area contributed by atoms with Gasteiger partial charge in [-0.3, -0.25) is 5.41 Å². The summed E-state index contributed by atoms with van der Waals surface area (Å²) in [5.41, 5.74) is 2.36. The number of hydrogen-bond acceptors (Lipinski definition) is 5. The molecule has 3 aromatic rings. The fourth-order valence-corrected chi connectivity index (χ4v) is 2.23. The van der Waals surface area contributed by atoms with Crippen LogP contribution in [0, 0.1) is 5.41 Å². The van der Waals surface area contributed by atoms with E-state index in [1.165, 1.54) is 0 Å². The van der Waals surface area contributed by atoms with Gasteiger partial charge in [0.05, 0.1) is 6.33 Å². The Morgan fingerprint density at radius 2 is 2.15 bits per heavy atom. The molecule has 0 saturated heterocycles. The number of aryl methyl sites for hydroxylation is 1. The molecule has 1 aliphatic rings. The first-order chi connectivity index (χ1) is 9.72. The first-order valence-corrected chi connectivity index (χ1v) is 6.08. The molecule has 0 fully saturated rings. The summed E-state index contributed by atoms with van der Waals surface area (Å²) in [5, 5.41) is 7.82. The highest BCUT2D eigenvalue weighted by molar-refractivity contribution is 5.75. The molecule has 20 heavy (non-hydrogen) atoms. The lowest BCUT2D eigenvalue weighted by molar-refractivity contribution is 0.174. The lowest BCUT2D eigenvalue weighted by Crippen LogP contribution is -2.10.